The molecule has 0 aliphatic rings. The summed E-state index contributed by atoms with van der Waals surface area (Å²) in [7, 11) is 0. The lowest BCUT2D eigenvalue weighted by molar-refractivity contribution is 0.244. The van der Waals surface area contributed by atoms with Gasteiger partial charge in [0, 0.05) is 11.2 Å². The summed E-state index contributed by atoms with van der Waals surface area (Å²) in [5.74, 6) is 0. The van der Waals surface area contributed by atoms with E-state index in [1.165, 1.54) is 0 Å². The number of benzene rings is 1. The molecule has 0 atom stereocenters. The van der Waals surface area contributed by atoms with Crippen LogP contribution < -0.4 is 10.6 Å². The summed E-state index contributed by atoms with van der Waals surface area (Å²) in [5.41, 5.74) is 0.330. The maximum atomic E-state index is 11.5. The molecule has 0 aliphatic carbocycles. The minimum Gasteiger partial charge on any atom is -0.333 e. The van der Waals surface area contributed by atoms with Crippen LogP contribution in [0.1, 0.15) is 20.8 Å². The molecule has 0 saturated heterocycles. The molecule has 88 valence electrons. The lowest BCUT2D eigenvalue weighted by Gasteiger charge is -2.20. The zero-order chi connectivity index (χ0) is 12.3. The predicted molar refractivity (Wildman–Crippen MR) is 68.4 cm³/mol. The highest BCUT2D eigenvalue weighted by Crippen LogP contribution is 2.24. The van der Waals surface area contributed by atoms with Crippen molar-refractivity contribution in [2.24, 2.45) is 0 Å². The standard InChI is InChI=1S/C11H14Cl2N2O/c1-11(2,3)15-10(16)14-7-4-5-8(12)9(13)6-7/h4-6H,1-3H3,(H2,14,15,16). The van der Waals surface area contributed by atoms with Gasteiger partial charge in [-0.25, -0.2) is 4.79 Å². The van der Waals surface area contributed by atoms with Crippen LogP contribution in [0.5, 0.6) is 0 Å². The molecular weight excluding hydrogens is 247 g/mol. The molecule has 1 aromatic rings. The predicted octanol–water partition coefficient (Wildman–Crippen LogP) is 3.91. The SMILES string of the molecule is CC(C)(C)NC(=O)Nc1ccc(Cl)c(Cl)c1. The largest absolute Gasteiger partial charge is 0.333 e. The van der Waals surface area contributed by atoms with Gasteiger partial charge >= 0.3 is 6.03 Å². The van der Waals surface area contributed by atoms with Crippen molar-refractivity contribution in [3.05, 3.63) is 28.2 Å². The Balaban J connectivity index is 2.67. The van der Waals surface area contributed by atoms with Crippen LogP contribution in [0.25, 0.3) is 0 Å². The molecule has 0 heterocycles. The summed E-state index contributed by atoms with van der Waals surface area (Å²) in [6, 6.07) is 4.66. The first-order valence-electron chi connectivity index (χ1n) is 4.82. The molecule has 5 heteroatoms. The molecular formula is C11H14Cl2N2O. The number of hydrogen-bond acceptors (Lipinski definition) is 1. The molecule has 0 saturated carbocycles. The van der Waals surface area contributed by atoms with Crippen molar-refractivity contribution in [3.8, 4) is 0 Å². The first-order valence-corrected chi connectivity index (χ1v) is 5.58. The first-order chi connectivity index (χ1) is 7.28. The molecule has 0 aromatic heterocycles. The van der Waals surface area contributed by atoms with E-state index in [0.717, 1.165) is 0 Å². The Hall–Kier alpha value is -0.930. The zero-order valence-electron chi connectivity index (χ0n) is 9.40. The molecule has 0 spiro atoms. The van der Waals surface area contributed by atoms with Gasteiger partial charge in [-0.15, -0.1) is 0 Å². The van der Waals surface area contributed by atoms with Gasteiger partial charge in [-0.3, -0.25) is 0 Å². The van der Waals surface area contributed by atoms with E-state index in [4.69, 9.17) is 23.2 Å². The van der Waals surface area contributed by atoms with Gasteiger partial charge in [-0.05, 0) is 39.0 Å². The van der Waals surface area contributed by atoms with Crippen LogP contribution in [0.2, 0.25) is 10.0 Å². The van der Waals surface area contributed by atoms with Gasteiger partial charge < -0.3 is 10.6 Å². The summed E-state index contributed by atoms with van der Waals surface area (Å²) < 4.78 is 0. The van der Waals surface area contributed by atoms with Crippen LogP contribution in [0.3, 0.4) is 0 Å². The quantitative estimate of drug-likeness (QED) is 0.790. The Morgan fingerprint density at radius 3 is 2.31 bits per heavy atom. The van der Waals surface area contributed by atoms with Gasteiger partial charge in [0.1, 0.15) is 0 Å². The van der Waals surface area contributed by atoms with E-state index in [-0.39, 0.29) is 11.6 Å². The van der Waals surface area contributed by atoms with Crippen LogP contribution in [-0.2, 0) is 0 Å². The number of anilines is 1. The van der Waals surface area contributed by atoms with E-state index in [1.807, 2.05) is 20.8 Å². The van der Waals surface area contributed by atoms with Gasteiger partial charge in [-0.2, -0.15) is 0 Å². The molecule has 0 fully saturated rings. The van der Waals surface area contributed by atoms with Crippen molar-refractivity contribution < 1.29 is 4.79 Å². The average molecular weight is 261 g/mol. The molecule has 0 radical (unpaired) electrons. The highest BCUT2D eigenvalue weighted by Gasteiger charge is 2.13. The monoisotopic (exact) mass is 260 g/mol. The van der Waals surface area contributed by atoms with Crippen LogP contribution in [-0.4, -0.2) is 11.6 Å². The second-order valence-corrected chi connectivity index (χ2v) is 5.27. The topological polar surface area (TPSA) is 41.1 Å². The van der Waals surface area contributed by atoms with Crippen LogP contribution in [0.15, 0.2) is 18.2 Å². The van der Waals surface area contributed by atoms with Gasteiger partial charge in [-0.1, -0.05) is 23.2 Å². The van der Waals surface area contributed by atoms with Crippen molar-refractivity contribution in [1.29, 1.82) is 0 Å². The van der Waals surface area contributed by atoms with Crippen molar-refractivity contribution in [3.63, 3.8) is 0 Å². The molecule has 16 heavy (non-hydrogen) atoms. The van der Waals surface area contributed by atoms with Gasteiger partial charge in [0.25, 0.3) is 0 Å². The number of rotatable bonds is 1. The minimum absolute atomic E-state index is 0.272. The Labute approximate surface area is 105 Å². The van der Waals surface area contributed by atoms with Crippen molar-refractivity contribution in [2.45, 2.75) is 26.3 Å². The summed E-state index contributed by atoms with van der Waals surface area (Å²) in [4.78, 5) is 11.5. The van der Waals surface area contributed by atoms with E-state index in [9.17, 15) is 4.79 Å². The van der Waals surface area contributed by atoms with Crippen LogP contribution >= 0.6 is 23.2 Å². The number of amides is 2. The molecule has 0 unspecified atom stereocenters. The maximum absolute atomic E-state index is 11.5. The van der Waals surface area contributed by atoms with Crippen molar-refractivity contribution in [1.82, 2.24) is 5.32 Å². The maximum Gasteiger partial charge on any atom is 0.319 e. The average Bonchev–Trinajstić information content (AvgIpc) is 2.08. The second kappa shape index (κ2) is 4.93. The molecule has 1 rings (SSSR count). The first kappa shape index (κ1) is 13.1. The summed E-state index contributed by atoms with van der Waals surface area (Å²) in [5, 5.41) is 6.32. The van der Waals surface area contributed by atoms with E-state index in [2.05, 4.69) is 10.6 Å². The molecule has 3 nitrogen and oxygen atoms in total. The van der Waals surface area contributed by atoms with E-state index < -0.39 is 0 Å². The van der Waals surface area contributed by atoms with Gasteiger partial charge in [0.15, 0.2) is 0 Å². The minimum atomic E-state index is -0.277. The fourth-order valence-corrected chi connectivity index (χ4v) is 1.37. The Kier molecular flexibility index (Phi) is 4.05. The van der Waals surface area contributed by atoms with Crippen molar-refractivity contribution >= 4 is 34.9 Å². The molecule has 2 amide bonds. The number of hydrogen-bond donors (Lipinski definition) is 2. The fraction of sp³-hybridized carbons (Fsp3) is 0.364. The summed E-state index contributed by atoms with van der Waals surface area (Å²) in [6.07, 6.45) is 0. The molecule has 0 bridgehead atoms. The number of carbonyl (C=O) groups excluding carboxylic acids is 1. The third kappa shape index (κ3) is 4.29. The van der Waals surface area contributed by atoms with E-state index in [1.54, 1.807) is 18.2 Å². The number of halogens is 2. The van der Waals surface area contributed by atoms with E-state index in [0.29, 0.717) is 15.7 Å². The second-order valence-electron chi connectivity index (χ2n) is 4.46. The molecule has 0 aliphatic heterocycles. The highest BCUT2D eigenvalue weighted by atomic mass is 35.5. The molecule has 2 N–H and O–H groups in total. The Morgan fingerprint density at radius 2 is 1.81 bits per heavy atom. The summed E-state index contributed by atoms with van der Waals surface area (Å²) >= 11 is 11.6. The number of urea groups is 1. The van der Waals surface area contributed by atoms with Gasteiger partial charge in [0.2, 0.25) is 0 Å². The Bertz CT molecular complexity index is 399. The third-order valence-corrected chi connectivity index (χ3v) is 2.41. The normalized spacial score (nSPS) is 11.1. The smallest absolute Gasteiger partial charge is 0.319 e. The van der Waals surface area contributed by atoms with Crippen LogP contribution in [0, 0.1) is 0 Å². The highest BCUT2D eigenvalue weighted by molar-refractivity contribution is 6.42. The van der Waals surface area contributed by atoms with Crippen molar-refractivity contribution in [2.75, 3.05) is 5.32 Å². The lowest BCUT2D eigenvalue weighted by atomic mass is 10.1. The molecule has 1 aromatic carbocycles. The Morgan fingerprint density at radius 1 is 1.19 bits per heavy atom. The third-order valence-electron chi connectivity index (χ3n) is 1.67. The van der Waals surface area contributed by atoms with Crippen LogP contribution in [0.4, 0.5) is 10.5 Å². The lowest BCUT2D eigenvalue weighted by Crippen LogP contribution is -2.43. The number of nitrogens with one attached hydrogen (secondary N) is 2. The zero-order valence-corrected chi connectivity index (χ0v) is 10.9. The number of carbonyl (C=O) groups is 1. The van der Waals surface area contributed by atoms with E-state index >= 15 is 0 Å². The summed E-state index contributed by atoms with van der Waals surface area (Å²) in [6.45, 7) is 5.71. The fourth-order valence-electron chi connectivity index (χ4n) is 1.08. The van der Waals surface area contributed by atoms with Gasteiger partial charge in [0.05, 0.1) is 10.0 Å².